The maximum atomic E-state index is 12.7. The predicted octanol–water partition coefficient (Wildman–Crippen LogP) is 2.55. The van der Waals surface area contributed by atoms with Crippen LogP contribution in [0.4, 0.5) is 0 Å². The number of hydrogen-bond donors (Lipinski definition) is 0. The molecule has 0 aliphatic carbocycles. The smallest absolute Gasteiger partial charge is 0.263 e. The minimum absolute atomic E-state index is 0.148. The summed E-state index contributed by atoms with van der Waals surface area (Å²) < 4.78 is 5.11. The van der Waals surface area contributed by atoms with Gasteiger partial charge in [-0.15, -0.1) is 11.3 Å². The number of carbonyl (C=O) groups excluding carboxylic acids is 2. The molecule has 0 radical (unpaired) electrons. The Bertz CT molecular complexity index is 601. The van der Waals surface area contributed by atoms with E-state index in [1.54, 1.807) is 18.4 Å². The Morgan fingerprint density at radius 2 is 2.21 bits per heavy atom. The van der Waals surface area contributed by atoms with Gasteiger partial charge in [0.25, 0.3) is 5.91 Å². The van der Waals surface area contributed by atoms with Gasteiger partial charge in [0.05, 0.1) is 4.88 Å². The molecule has 2 atom stereocenters. The van der Waals surface area contributed by atoms with Crippen LogP contribution in [0, 0.1) is 12.8 Å². The Labute approximate surface area is 147 Å². The number of carbonyl (C=O) groups is 2. The summed E-state index contributed by atoms with van der Waals surface area (Å²) in [6, 6.07) is 4.22. The molecule has 2 amide bonds. The van der Waals surface area contributed by atoms with Gasteiger partial charge in [-0.25, -0.2) is 0 Å². The van der Waals surface area contributed by atoms with Crippen molar-refractivity contribution in [2.24, 2.45) is 5.92 Å². The lowest BCUT2D eigenvalue weighted by atomic mass is 9.83. The lowest BCUT2D eigenvalue weighted by Crippen LogP contribution is -2.57. The van der Waals surface area contributed by atoms with Gasteiger partial charge >= 0.3 is 0 Å². The van der Waals surface area contributed by atoms with Crippen LogP contribution in [-0.2, 0) is 9.53 Å². The molecule has 0 N–H and O–H groups in total. The van der Waals surface area contributed by atoms with E-state index in [-0.39, 0.29) is 17.9 Å². The number of aryl methyl sites for hydroxylation is 1. The van der Waals surface area contributed by atoms with Crippen molar-refractivity contribution in [3.8, 4) is 0 Å². The first kappa shape index (κ1) is 17.4. The van der Waals surface area contributed by atoms with Gasteiger partial charge in [-0.3, -0.25) is 9.59 Å². The third-order valence-electron chi connectivity index (χ3n) is 5.13. The second-order valence-corrected chi connectivity index (χ2v) is 8.04. The Morgan fingerprint density at radius 1 is 1.38 bits per heavy atom. The van der Waals surface area contributed by atoms with Gasteiger partial charge in [-0.05, 0) is 44.2 Å². The van der Waals surface area contributed by atoms with Crippen LogP contribution >= 0.6 is 11.3 Å². The number of fused-ring (bicyclic) bond motifs is 1. The Balaban J connectivity index is 1.63. The average Bonchev–Trinajstić information content (AvgIpc) is 3.02. The third kappa shape index (κ3) is 3.64. The summed E-state index contributed by atoms with van der Waals surface area (Å²) in [6.07, 6.45) is 3.27. The zero-order valence-corrected chi connectivity index (χ0v) is 15.3. The summed E-state index contributed by atoms with van der Waals surface area (Å²) >= 11 is 1.56. The van der Waals surface area contributed by atoms with Crippen LogP contribution in [0.3, 0.4) is 0 Å². The van der Waals surface area contributed by atoms with Crippen LogP contribution in [0.15, 0.2) is 12.1 Å². The Hall–Kier alpha value is -1.40. The van der Waals surface area contributed by atoms with Crippen molar-refractivity contribution < 1.29 is 14.3 Å². The quantitative estimate of drug-likeness (QED) is 0.767. The van der Waals surface area contributed by atoms with E-state index in [4.69, 9.17) is 4.74 Å². The number of ether oxygens (including phenoxy) is 1. The maximum absolute atomic E-state index is 12.7. The number of rotatable bonds is 5. The number of nitrogens with zero attached hydrogens (tertiary/aromatic N) is 2. The molecule has 3 heterocycles. The minimum atomic E-state index is 0.148. The van der Waals surface area contributed by atoms with Crippen molar-refractivity contribution in [1.82, 2.24) is 9.80 Å². The molecule has 6 heteroatoms. The van der Waals surface area contributed by atoms with E-state index in [0.29, 0.717) is 18.9 Å². The molecule has 1 aromatic rings. The summed E-state index contributed by atoms with van der Waals surface area (Å²) in [5, 5.41) is 0. The lowest BCUT2D eigenvalue weighted by molar-refractivity contribution is -0.140. The van der Waals surface area contributed by atoms with E-state index in [1.807, 2.05) is 28.9 Å². The minimum Gasteiger partial charge on any atom is -0.385 e. The molecule has 0 aromatic carbocycles. The average molecular weight is 350 g/mol. The second-order valence-electron chi connectivity index (χ2n) is 6.75. The van der Waals surface area contributed by atoms with E-state index >= 15 is 0 Å². The van der Waals surface area contributed by atoms with Crippen LogP contribution in [0.1, 0.15) is 40.2 Å². The Kier molecular flexibility index (Phi) is 5.56. The van der Waals surface area contributed by atoms with Crippen LogP contribution in [0.5, 0.6) is 0 Å². The molecule has 2 saturated heterocycles. The summed E-state index contributed by atoms with van der Waals surface area (Å²) in [4.78, 5) is 31.0. The van der Waals surface area contributed by atoms with Gasteiger partial charge in [-0.2, -0.15) is 0 Å². The molecule has 2 fully saturated rings. The first-order valence-electron chi connectivity index (χ1n) is 8.74. The highest BCUT2D eigenvalue weighted by Gasteiger charge is 2.40. The summed E-state index contributed by atoms with van der Waals surface area (Å²) in [6.45, 7) is 4.99. The number of likely N-dealkylation sites (tertiary alicyclic amines) is 2. The largest absolute Gasteiger partial charge is 0.385 e. The maximum Gasteiger partial charge on any atom is 0.263 e. The third-order valence-corrected chi connectivity index (χ3v) is 6.12. The van der Waals surface area contributed by atoms with Crippen LogP contribution in [0.2, 0.25) is 0 Å². The molecule has 2 aliphatic heterocycles. The Morgan fingerprint density at radius 3 is 2.92 bits per heavy atom. The molecule has 2 aliphatic rings. The number of methoxy groups -OCH3 is 1. The van der Waals surface area contributed by atoms with E-state index in [9.17, 15) is 9.59 Å². The van der Waals surface area contributed by atoms with Gasteiger partial charge in [0.15, 0.2) is 0 Å². The topological polar surface area (TPSA) is 49.9 Å². The summed E-state index contributed by atoms with van der Waals surface area (Å²) in [7, 11) is 1.69. The molecule has 1 aromatic heterocycles. The van der Waals surface area contributed by atoms with Crippen molar-refractivity contribution in [2.75, 3.05) is 33.4 Å². The van der Waals surface area contributed by atoms with E-state index in [2.05, 4.69) is 0 Å². The van der Waals surface area contributed by atoms with Gasteiger partial charge in [-0.1, -0.05) is 0 Å². The fourth-order valence-electron chi connectivity index (χ4n) is 3.91. The second kappa shape index (κ2) is 7.66. The monoisotopic (exact) mass is 350 g/mol. The van der Waals surface area contributed by atoms with Crippen molar-refractivity contribution in [3.05, 3.63) is 21.9 Å². The van der Waals surface area contributed by atoms with E-state index in [1.165, 1.54) is 4.88 Å². The fraction of sp³-hybridized carbons (Fsp3) is 0.667. The molecule has 0 bridgehead atoms. The van der Waals surface area contributed by atoms with Gasteiger partial charge in [0.1, 0.15) is 0 Å². The first-order valence-corrected chi connectivity index (χ1v) is 9.56. The van der Waals surface area contributed by atoms with Crippen LogP contribution in [0.25, 0.3) is 0 Å². The van der Waals surface area contributed by atoms with Crippen molar-refractivity contribution in [2.45, 2.75) is 38.6 Å². The molecular formula is C18H26N2O3S. The molecule has 5 nitrogen and oxygen atoms in total. The summed E-state index contributed by atoms with van der Waals surface area (Å²) in [5.41, 5.74) is 0. The number of amides is 2. The SMILES string of the molecule is COCCCN1C(=O)CC[C@@H]2CN(C(=O)c3ccc(C)s3)CC[C@@H]21. The lowest BCUT2D eigenvalue weighted by Gasteiger charge is -2.47. The van der Waals surface area contributed by atoms with Crippen LogP contribution < -0.4 is 0 Å². The zero-order chi connectivity index (χ0) is 17.1. The molecule has 3 rings (SSSR count). The molecule has 24 heavy (non-hydrogen) atoms. The van der Waals surface area contributed by atoms with Gasteiger partial charge in [0.2, 0.25) is 5.91 Å². The fourth-order valence-corrected chi connectivity index (χ4v) is 4.75. The molecule has 0 spiro atoms. The zero-order valence-electron chi connectivity index (χ0n) is 14.5. The number of piperidine rings is 2. The number of hydrogen-bond acceptors (Lipinski definition) is 4. The van der Waals surface area contributed by atoms with Crippen molar-refractivity contribution in [1.29, 1.82) is 0 Å². The highest BCUT2D eigenvalue weighted by molar-refractivity contribution is 7.13. The highest BCUT2D eigenvalue weighted by atomic mass is 32.1. The van der Waals surface area contributed by atoms with Gasteiger partial charge < -0.3 is 14.5 Å². The van der Waals surface area contributed by atoms with Crippen molar-refractivity contribution in [3.63, 3.8) is 0 Å². The van der Waals surface area contributed by atoms with Crippen LogP contribution in [-0.4, -0.2) is 61.0 Å². The van der Waals surface area contributed by atoms with Crippen molar-refractivity contribution >= 4 is 23.2 Å². The number of thiophene rings is 1. The normalized spacial score (nSPS) is 24.2. The molecule has 0 saturated carbocycles. The van der Waals surface area contributed by atoms with E-state index in [0.717, 1.165) is 43.8 Å². The van der Waals surface area contributed by atoms with E-state index < -0.39 is 0 Å². The predicted molar refractivity (Wildman–Crippen MR) is 94.3 cm³/mol. The highest BCUT2D eigenvalue weighted by Crippen LogP contribution is 2.32. The van der Waals surface area contributed by atoms with Gasteiger partial charge in [0, 0.05) is 50.7 Å². The molecule has 132 valence electrons. The first-order chi connectivity index (χ1) is 11.6. The summed E-state index contributed by atoms with van der Waals surface area (Å²) in [5.74, 6) is 0.819. The molecular weight excluding hydrogens is 324 g/mol. The standard InChI is InChI=1S/C18H26N2O3S/c1-13-4-6-16(24-13)18(22)19-10-8-15-14(12-19)5-7-17(21)20(15)9-3-11-23-2/h4,6,14-15H,3,5,7-12H2,1-2H3/t14-,15+/m1/s1. The molecule has 0 unspecified atom stereocenters.